The molecule has 62 heavy (non-hydrogen) atoms. The molecule has 0 spiro atoms. The van der Waals surface area contributed by atoms with Crippen LogP contribution < -0.4 is 0 Å². The van der Waals surface area contributed by atoms with E-state index in [1.54, 1.807) is 38.9 Å². The Kier molecular flexibility index (Phi) is 27.8. The number of carbonyl (C=O) groups is 2. The Bertz CT molecular complexity index is 1590. The minimum Gasteiger partial charge on any atom is -0.274 e. The molecule has 0 saturated carbocycles. The lowest BCUT2D eigenvalue weighted by molar-refractivity contribution is 0.0622. The van der Waals surface area contributed by atoms with Gasteiger partial charge in [0.25, 0.3) is 11.8 Å². The quantitative estimate of drug-likeness (QED) is 0.0424. The Hall–Kier alpha value is -0.800. The molecule has 4 rings (SSSR count). The maximum absolute atomic E-state index is 14.8. The van der Waals surface area contributed by atoms with E-state index in [1.165, 1.54) is 211 Å². The van der Waals surface area contributed by atoms with Crippen LogP contribution in [0.15, 0.2) is 19.7 Å². The Morgan fingerprint density at radius 2 is 0.742 bits per heavy atom. The van der Waals surface area contributed by atoms with Crippen molar-refractivity contribution >= 4 is 77.7 Å². The summed E-state index contributed by atoms with van der Waals surface area (Å²) in [6.07, 6.45) is 43.3. The molecule has 0 fully saturated rings. The van der Waals surface area contributed by atoms with Crippen LogP contribution in [0.2, 0.25) is 0 Å². The van der Waals surface area contributed by atoms with Crippen LogP contribution in [0, 0.1) is 5.92 Å². The molecular weight excluding hydrogens is 951 g/mol. The highest BCUT2D eigenvalue weighted by molar-refractivity contribution is 9.11. The van der Waals surface area contributed by atoms with Gasteiger partial charge in [-0.15, -0.1) is 34.0 Å². The summed E-state index contributed by atoms with van der Waals surface area (Å²) < 4.78 is 2.34. The molecule has 0 N–H and O–H groups in total. The van der Waals surface area contributed by atoms with Gasteiger partial charge in [-0.1, -0.05) is 207 Å². The molecule has 0 radical (unpaired) electrons. The minimum atomic E-state index is -0.0599. The van der Waals surface area contributed by atoms with Gasteiger partial charge in [-0.3, -0.25) is 14.5 Å². The third-order valence-corrected chi connectivity index (χ3v) is 18.7. The van der Waals surface area contributed by atoms with E-state index in [0.717, 1.165) is 45.2 Å². The molecule has 4 heterocycles. The number of thiophene rings is 3. The van der Waals surface area contributed by atoms with Gasteiger partial charge in [0.15, 0.2) is 0 Å². The van der Waals surface area contributed by atoms with Gasteiger partial charge in [-0.05, 0) is 99.6 Å². The van der Waals surface area contributed by atoms with E-state index in [2.05, 4.69) is 71.7 Å². The molecule has 2 amide bonds. The first-order valence-corrected chi connectivity index (χ1v) is 30.0. The van der Waals surface area contributed by atoms with Crippen LogP contribution in [0.1, 0.15) is 265 Å². The number of nitrogens with zero attached hydrogens (tertiary/aromatic N) is 1. The molecule has 1 aliphatic heterocycles. The van der Waals surface area contributed by atoms with E-state index in [9.17, 15) is 9.59 Å². The van der Waals surface area contributed by atoms with Gasteiger partial charge in [0.2, 0.25) is 0 Å². The van der Waals surface area contributed by atoms with Crippen molar-refractivity contribution in [1.29, 1.82) is 0 Å². The lowest BCUT2D eigenvalue weighted by Gasteiger charge is -2.23. The second-order valence-electron chi connectivity index (χ2n) is 18.7. The molecule has 1 aliphatic rings. The monoisotopic (exact) mass is 1030 g/mol. The molecule has 8 heteroatoms. The average Bonchev–Trinajstić information content (AvgIpc) is 4.01. The molecule has 3 aromatic rings. The number of rotatable bonds is 38. The summed E-state index contributed by atoms with van der Waals surface area (Å²) >= 11 is 13.1. The predicted octanol–water partition coefficient (Wildman–Crippen LogP) is 20.6. The van der Waals surface area contributed by atoms with Crippen LogP contribution in [0.25, 0.3) is 19.5 Å². The number of carbonyl (C=O) groups excluding carboxylic acids is 2. The van der Waals surface area contributed by atoms with Crippen LogP contribution in [0.4, 0.5) is 0 Å². The summed E-state index contributed by atoms with van der Waals surface area (Å²) in [5.41, 5.74) is 4.01. The maximum atomic E-state index is 14.8. The highest BCUT2D eigenvalue weighted by Crippen LogP contribution is 2.51. The zero-order chi connectivity index (χ0) is 44.4. The van der Waals surface area contributed by atoms with Crippen LogP contribution >= 0.6 is 65.9 Å². The first-order valence-electron chi connectivity index (χ1n) is 25.9. The number of hydrogen-bond acceptors (Lipinski definition) is 5. The lowest BCUT2D eigenvalue weighted by Crippen LogP contribution is -2.35. The molecule has 0 aliphatic carbocycles. The standard InChI is InChI=1S/C54H85Br2NO2S3/c1-5-9-13-17-21-24-28-32-36-42(35-31-27-20-16-12-8-4)41-57-53(58)47-48(54(57)59)50(46-40-44(52(56)61-46)38-34-30-26-23-19-15-11-7-3)62-49(47)45-39-43(51(55)60-45)37-33-29-25-22-18-14-10-6-2/h39-40,42H,5-38,41H2,1-4H3. The highest BCUT2D eigenvalue weighted by atomic mass is 79.9. The van der Waals surface area contributed by atoms with Gasteiger partial charge >= 0.3 is 0 Å². The number of unbranched alkanes of at least 4 members (excludes halogenated alkanes) is 26. The largest absolute Gasteiger partial charge is 0.274 e. The molecule has 3 aromatic heterocycles. The number of amides is 2. The van der Waals surface area contributed by atoms with Gasteiger partial charge in [0.1, 0.15) is 0 Å². The topological polar surface area (TPSA) is 37.4 Å². The van der Waals surface area contributed by atoms with Crippen molar-refractivity contribution < 1.29 is 9.59 Å². The Labute approximate surface area is 409 Å². The van der Waals surface area contributed by atoms with E-state index >= 15 is 0 Å². The van der Waals surface area contributed by atoms with E-state index < -0.39 is 0 Å². The van der Waals surface area contributed by atoms with Crippen molar-refractivity contribution in [3.05, 3.63) is 42.0 Å². The lowest BCUT2D eigenvalue weighted by atomic mass is 9.93. The van der Waals surface area contributed by atoms with E-state index in [-0.39, 0.29) is 11.8 Å². The van der Waals surface area contributed by atoms with Crippen LogP contribution in [0.3, 0.4) is 0 Å². The first-order chi connectivity index (χ1) is 30.3. The third kappa shape index (κ3) is 18.1. The van der Waals surface area contributed by atoms with E-state index in [4.69, 9.17) is 0 Å². The van der Waals surface area contributed by atoms with Gasteiger partial charge in [0.05, 0.1) is 28.5 Å². The smallest absolute Gasteiger partial charge is 0.263 e. The van der Waals surface area contributed by atoms with Crippen LogP contribution in [-0.4, -0.2) is 23.3 Å². The summed E-state index contributed by atoms with van der Waals surface area (Å²) in [5, 5.41) is 0. The summed E-state index contributed by atoms with van der Waals surface area (Å²) in [6, 6.07) is 4.65. The van der Waals surface area contributed by atoms with Crippen molar-refractivity contribution in [3.8, 4) is 19.5 Å². The molecule has 0 bridgehead atoms. The van der Waals surface area contributed by atoms with Gasteiger partial charge in [-0.2, -0.15) is 0 Å². The number of fused-ring (bicyclic) bond motifs is 1. The molecular formula is C54H85Br2NO2S3. The summed E-state index contributed by atoms with van der Waals surface area (Å²) in [7, 11) is 0. The fraction of sp³-hybridized carbons (Fsp3) is 0.741. The average molecular weight is 1040 g/mol. The van der Waals surface area contributed by atoms with Crippen molar-refractivity contribution in [1.82, 2.24) is 4.90 Å². The normalized spacial score (nSPS) is 13.3. The van der Waals surface area contributed by atoms with Crippen molar-refractivity contribution in [2.45, 2.75) is 246 Å². The molecule has 3 nitrogen and oxygen atoms in total. The number of aryl methyl sites for hydroxylation is 2. The zero-order valence-electron chi connectivity index (χ0n) is 39.7. The van der Waals surface area contributed by atoms with Crippen molar-refractivity contribution in [2.24, 2.45) is 5.92 Å². The highest BCUT2D eigenvalue weighted by Gasteiger charge is 2.43. The summed E-state index contributed by atoms with van der Waals surface area (Å²) in [5.74, 6) is 0.239. The van der Waals surface area contributed by atoms with Crippen LogP contribution in [-0.2, 0) is 12.8 Å². The summed E-state index contributed by atoms with van der Waals surface area (Å²) in [4.78, 5) is 35.6. The minimum absolute atomic E-state index is 0.0599. The van der Waals surface area contributed by atoms with Gasteiger partial charge < -0.3 is 0 Å². The Morgan fingerprint density at radius 3 is 1.08 bits per heavy atom. The SMILES string of the molecule is CCCCCCCCCCc1cc(-c2sc(-c3cc(CCCCCCCCCC)c(Br)s3)c3c2C(=O)N(CC(CCCCCCCC)CCCCCCCCCC)C3=O)sc1Br. The fourth-order valence-electron chi connectivity index (χ4n) is 9.36. The predicted molar refractivity (Wildman–Crippen MR) is 283 cm³/mol. The fourth-order valence-corrected chi connectivity index (χ4v) is 14.4. The molecule has 0 saturated heterocycles. The zero-order valence-corrected chi connectivity index (χ0v) is 45.3. The van der Waals surface area contributed by atoms with E-state index in [1.807, 2.05) is 0 Å². The summed E-state index contributed by atoms with van der Waals surface area (Å²) in [6.45, 7) is 9.68. The maximum Gasteiger partial charge on any atom is 0.263 e. The Morgan fingerprint density at radius 1 is 0.435 bits per heavy atom. The number of halogens is 2. The Balaban J connectivity index is 1.54. The molecule has 1 unspecified atom stereocenters. The van der Waals surface area contributed by atoms with Gasteiger partial charge in [-0.25, -0.2) is 0 Å². The molecule has 350 valence electrons. The number of hydrogen-bond donors (Lipinski definition) is 0. The van der Waals surface area contributed by atoms with Crippen molar-refractivity contribution in [2.75, 3.05) is 6.54 Å². The third-order valence-electron chi connectivity index (χ3n) is 13.3. The molecule has 1 atom stereocenters. The number of imide groups is 1. The second-order valence-corrected chi connectivity index (χ2v) is 24.4. The van der Waals surface area contributed by atoms with Gasteiger partial charge in [0, 0.05) is 16.3 Å². The van der Waals surface area contributed by atoms with Crippen LogP contribution in [0.5, 0.6) is 0 Å². The second kappa shape index (κ2) is 32.0. The van der Waals surface area contributed by atoms with E-state index in [0.29, 0.717) is 23.6 Å². The first kappa shape index (κ1) is 53.8. The molecule has 0 aromatic carbocycles. The van der Waals surface area contributed by atoms with Crippen molar-refractivity contribution in [3.63, 3.8) is 0 Å².